The zero-order valence-corrected chi connectivity index (χ0v) is 10.7. The van der Waals surface area contributed by atoms with Crippen LogP contribution in [0.1, 0.15) is 5.82 Å². The van der Waals surface area contributed by atoms with Crippen LogP contribution in [-0.2, 0) is 6.54 Å². The average Bonchev–Trinajstić information content (AvgIpc) is 2.93. The number of fused-ring (bicyclic) bond motifs is 1. The summed E-state index contributed by atoms with van der Waals surface area (Å²) >= 11 is 6.21. The van der Waals surface area contributed by atoms with Crippen LogP contribution >= 0.6 is 11.6 Å². The van der Waals surface area contributed by atoms with Crippen molar-refractivity contribution in [1.82, 2.24) is 20.3 Å². The van der Waals surface area contributed by atoms with Crippen molar-refractivity contribution < 1.29 is 0 Å². The molecule has 0 spiro atoms. The first-order valence-corrected chi connectivity index (χ1v) is 6.13. The maximum absolute atomic E-state index is 6.21. The molecule has 0 unspecified atom stereocenters. The summed E-state index contributed by atoms with van der Waals surface area (Å²) in [6, 6.07) is 8.10. The van der Waals surface area contributed by atoms with E-state index in [1.54, 1.807) is 0 Å². The number of aromatic amines is 2. The van der Waals surface area contributed by atoms with Gasteiger partial charge in [0.05, 0.1) is 6.54 Å². The SMILES string of the molecule is CNCc1nc(-c2c[nH]c3ccccc23)c(Cl)[nH]1. The molecule has 0 aliphatic carbocycles. The highest BCUT2D eigenvalue weighted by molar-refractivity contribution is 6.32. The first-order chi connectivity index (χ1) is 8.79. The molecule has 3 aromatic rings. The Bertz CT molecular complexity index is 683. The van der Waals surface area contributed by atoms with Crippen LogP contribution in [-0.4, -0.2) is 22.0 Å². The van der Waals surface area contributed by atoms with Gasteiger partial charge in [-0.1, -0.05) is 29.8 Å². The Kier molecular flexibility index (Phi) is 2.81. The van der Waals surface area contributed by atoms with Crippen molar-refractivity contribution in [2.24, 2.45) is 0 Å². The van der Waals surface area contributed by atoms with Crippen molar-refractivity contribution in [3.05, 3.63) is 41.4 Å². The van der Waals surface area contributed by atoms with Crippen LogP contribution in [0.15, 0.2) is 30.5 Å². The molecule has 0 radical (unpaired) electrons. The van der Waals surface area contributed by atoms with Gasteiger partial charge in [0, 0.05) is 22.7 Å². The fraction of sp³-hybridized carbons (Fsp3) is 0.154. The molecule has 2 aromatic heterocycles. The Morgan fingerprint density at radius 3 is 3.00 bits per heavy atom. The molecular weight excluding hydrogens is 248 g/mol. The minimum atomic E-state index is 0.574. The van der Waals surface area contributed by atoms with Gasteiger partial charge in [-0.3, -0.25) is 0 Å². The zero-order chi connectivity index (χ0) is 12.5. The number of nitrogens with one attached hydrogen (secondary N) is 3. The fourth-order valence-electron chi connectivity index (χ4n) is 2.09. The Balaban J connectivity index is 2.14. The highest BCUT2D eigenvalue weighted by atomic mass is 35.5. The summed E-state index contributed by atoms with van der Waals surface area (Å²) in [5, 5.41) is 4.75. The van der Waals surface area contributed by atoms with E-state index in [9.17, 15) is 0 Å². The molecule has 3 rings (SSSR count). The summed E-state index contributed by atoms with van der Waals surface area (Å²) in [5.41, 5.74) is 2.90. The Labute approximate surface area is 109 Å². The van der Waals surface area contributed by atoms with E-state index in [1.807, 2.05) is 31.4 Å². The van der Waals surface area contributed by atoms with Crippen molar-refractivity contribution in [2.75, 3.05) is 7.05 Å². The third-order valence-corrected chi connectivity index (χ3v) is 3.17. The van der Waals surface area contributed by atoms with Gasteiger partial charge in [-0.05, 0) is 13.1 Å². The molecule has 0 saturated heterocycles. The van der Waals surface area contributed by atoms with E-state index in [0.717, 1.165) is 28.0 Å². The van der Waals surface area contributed by atoms with Crippen LogP contribution in [0.2, 0.25) is 5.15 Å². The zero-order valence-electron chi connectivity index (χ0n) is 9.92. The van der Waals surface area contributed by atoms with Crippen LogP contribution < -0.4 is 5.32 Å². The molecule has 0 fully saturated rings. The predicted octanol–water partition coefficient (Wildman–Crippen LogP) is 2.93. The lowest BCUT2D eigenvalue weighted by atomic mass is 10.1. The lowest BCUT2D eigenvalue weighted by molar-refractivity contribution is 0.772. The molecule has 92 valence electrons. The molecule has 18 heavy (non-hydrogen) atoms. The van der Waals surface area contributed by atoms with E-state index >= 15 is 0 Å². The van der Waals surface area contributed by atoms with Crippen LogP contribution in [0.4, 0.5) is 0 Å². The molecule has 0 amide bonds. The summed E-state index contributed by atoms with van der Waals surface area (Å²) in [6.45, 7) is 0.669. The maximum Gasteiger partial charge on any atom is 0.134 e. The third-order valence-electron chi connectivity index (χ3n) is 2.90. The van der Waals surface area contributed by atoms with E-state index < -0.39 is 0 Å². The second kappa shape index (κ2) is 4.48. The number of H-pyrrole nitrogens is 2. The molecule has 5 heteroatoms. The summed E-state index contributed by atoms with van der Waals surface area (Å²) < 4.78 is 0. The highest BCUT2D eigenvalue weighted by Crippen LogP contribution is 2.31. The number of hydrogen-bond acceptors (Lipinski definition) is 2. The van der Waals surface area contributed by atoms with Crippen molar-refractivity contribution in [2.45, 2.75) is 6.54 Å². The number of halogens is 1. The standard InChI is InChI=1S/C13H13ClN4/c1-15-7-11-17-12(13(14)18-11)9-6-16-10-5-3-2-4-8(9)10/h2-6,15-16H,7H2,1H3,(H,17,18). The van der Waals surface area contributed by atoms with Gasteiger partial charge in [0.2, 0.25) is 0 Å². The van der Waals surface area contributed by atoms with Gasteiger partial charge in [-0.2, -0.15) is 0 Å². The molecule has 3 N–H and O–H groups in total. The van der Waals surface area contributed by atoms with E-state index in [1.165, 1.54) is 0 Å². The molecule has 4 nitrogen and oxygen atoms in total. The first kappa shape index (κ1) is 11.3. The van der Waals surface area contributed by atoms with E-state index in [0.29, 0.717) is 11.7 Å². The van der Waals surface area contributed by atoms with Gasteiger partial charge < -0.3 is 15.3 Å². The lowest BCUT2D eigenvalue weighted by Gasteiger charge is -1.95. The van der Waals surface area contributed by atoms with Crippen LogP contribution in [0.5, 0.6) is 0 Å². The molecule has 0 aliphatic heterocycles. The Morgan fingerprint density at radius 2 is 2.17 bits per heavy atom. The van der Waals surface area contributed by atoms with Crippen LogP contribution in [0.3, 0.4) is 0 Å². The van der Waals surface area contributed by atoms with Gasteiger partial charge >= 0.3 is 0 Å². The van der Waals surface area contributed by atoms with Gasteiger partial charge in [0.15, 0.2) is 0 Å². The minimum Gasteiger partial charge on any atom is -0.360 e. The summed E-state index contributed by atoms with van der Waals surface area (Å²) in [4.78, 5) is 10.8. The van der Waals surface area contributed by atoms with Crippen molar-refractivity contribution >= 4 is 22.5 Å². The number of imidazole rings is 1. The number of benzene rings is 1. The monoisotopic (exact) mass is 260 g/mol. The average molecular weight is 261 g/mol. The van der Waals surface area contributed by atoms with E-state index in [-0.39, 0.29) is 0 Å². The molecule has 1 aromatic carbocycles. The smallest absolute Gasteiger partial charge is 0.134 e. The molecular formula is C13H13ClN4. The summed E-state index contributed by atoms with van der Waals surface area (Å²) in [5.74, 6) is 0.836. The maximum atomic E-state index is 6.21. The topological polar surface area (TPSA) is 56.5 Å². The lowest BCUT2D eigenvalue weighted by Crippen LogP contribution is -2.06. The quantitative estimate of drug-likeness (QED) is 0.678. The van der Waals surface area contributed by atoms with Gasteiger partial charge in [0.1, 0.15) is 16.7 Å². The second-order valence-corrected chi connectivity index (χ2v) is 4.50. The van der Waals surface area contributed by atoms with Gasteiger partial charge in [-0.25, -0.2) is 4.98 Å². The van der Waals surface area contributed by atoms with Crippen molar-refractivity contribution in [1.29, 1.82) is 0 Å². The van der Waals surface area contributed by atoms with Gasteiger partial charge in [-0.15, -0.1) is 0 Å². The van der Waals surface area contributed by atoms with Gasteiger partial charge in [0.25, 0.3) is 0 Å². The fourth-order valence-corrected chi connectivity index (χ4v) is 2.35. The molecule has 0 saturated carbocycles. The first-order valence-electron chi connectivity index (χ1n) is 5.75. The molecule has 0 atom stereocenters. The van der Waals surface area contributed by atoms with E-state index in [2.05, 4.69) is 26.3 Å². The Morgan fingerprint density at radius 1 is 1.33 bits per heavy atom. The van der Waals surface area contributed by atoms with Crippen molar-refractivity contribution in [3.8, 4) is 11.3 Å². The predicted molar refractivity (Wildman–Crippen MR) is 73.7 cm³/mol. The molecule has 0 bridgehead atoms. The second-order valence-electron chi connectivity index (χ2n) is 4.12. The number of nitrogens with zero attached hydrogens (tertiary/aromatic N) is 1. The number of aromatic nitrogens is 3. The molecule has 0 aliphatic rings. The highest BCUT2D eigenvalue weighted by Gasteiger charge is 2.13. The number of hydrogen-bond donors (Lipinski definition) is 3. The molecule has 2 heterocycles. The van der Waals surface area contributed by atoms with Crippen LogP contribution in [0.25, 0.3) is 22.2 Å². The normalized spacial score (nSPS) is 11.2. The third kappa shape index (κ3) is 1.79. The van der Waals surface area contributed by atoms with E-state index in [4.69, 9.17) is 11.6 Å². The summed E-state index contributed by atoms with van der Waals surface area (Å²) in [6.07, 6.45) is 1.94. The van der Waals surface area contributed by atoms with Crippen LogP contribution in [0, 0.1) is 0 Å². The largest absolute Gasteiger partial charge is 0.360 e. The summed E-state index contributed by atoms with van der Waals surface area (Å²) in [7, 11) is 1.88. The number of para-hydroxylation sites is 1. The van der Waals surface area contributed by atoms with Crippen molar-refractivity contribution in [3.63, 3.8) is 0 Å². The number of rotatable bonds is 3. The minimum absolute atomic E-state index is 0.574. The Hall–Kier alpha value is -1.78.